The van der Waals surface area contributed by atoms with E-state index >= 15 is 0 Å². The van der Waals surface area contributed by atoms with Crippen molar-refractivity contribution in [2.24, 2.45) is 0 Å². The Morgan fingerprint density at radius 1 is 0.297 bits per heavy atom. The summed E-state index contributed by atoms with van der Waals surface area (Å²) in [4.78, 5) is 7.17. The van der Waals surface area contributed by atoms with E-state index in [1.165, 1.54) is 43.8 Å². The van der Waals surface area contributed by atoms with Crippen LogP contribution in [-0.4, -0.2) is 4.98 Å². The number of oxazole rings is 1. The number of aromatic nitrogens is 1. The summed E-state index contributed by atoms with van der Waals surface area (Å²) in [6, 6.07) is 86.8. The summed E-state index contributed by atoms with van der Waals surface area (Å²) in [6.45, 7) is 0. The molecule has 300 valence electrons. The first-order valence-corrected chi connectivity index (χ1v) is 21.8. The van der Waals surface area contributed by atoms with Crippen molar-refractivity contribution < 1.29 is 4.42 Å². The molecule has 64 heavy (non-hydrogen) atoms. The second kappa shape index (κ2) is 15.7. The van der Waals surface area contributed by atoms with Crippen LogP contribution in [0.5, 0.6) is 0 Å². The molecule has 0 radical (unpaired) electrons. The molecule has 3 nitrogen and oxygen atoms in total. The molecule has 0 aliphatic heterocycles. The number of rotatable bonds is 8. The van der Waals surface area contributed by atoms with Gasteiger partial charge >= 0.3 is 0 Å². The first-order chi connectivity index (χ1) is 31.7. The third kappa shape index (κ3) is 6.68. The van der Waals surface area contributed by atoms with Gasteiger partial charge in [0.05, 0.1) is 0 Å². The summed E-state index contributed by atoms with van der Waals surface area (Å²) in [5, 5.41) is 7.24. The molecule has 3 heteroatoms. The SMILES string of the molecule is c1ccc(-c2cccc(N(c3ccc(-c4ccc(-c5cccc6c5ccc5nc(-c7ccccc7)oc56)cc4)cc3)c3ccc(-c4cc5ccccc5c5ccccc45)cc3)c2)cc1. The minimum atomic E-state index is 0.636. The van der Waals surface area contributed by atoms with Gasteiger partial charge < -0.3 is 9.32 Å². The summed E-state index contributed by atoms with van der Waals surface area (Å²) >= 11 is 0. The molecule has 0 unspecified atom stereocenters. The van der Waals surface area contributed by atoms with Gasteiger partial charge in [0.15, 0.2) is 5.58 Å². The van der Waals surface area contributed by atoms with Crippen molar-refractivity contribution in [3.8, 4) is 56.0 Å². The average Bonchev–Trinajstić information content (AvgIpc) is 3.83. The number of fused-ring (bicyclic) bond motifs is 6. The molecule has 1 aromatic heterocycles. The lowest BCUT2D eigenvalue weighted by Gasteiger charge is -2.26. The van der Waals surface area contributed by atoms with Gasteiger partial charge in [-0.3, -0.25) is 0 Å². The summed E-state index contributed by atoms with van der Waals surface area (Å²) in [5.41, 5.74) is 15.3. The molecular formula is C61H40N2O. The van der Waals surface area contributed by atoms with Crippen molar-refractivity contribution in [1.29, 1.82) is 0 Å². The highest BCUT2D eigenvalue weighted by atomic mass is 16.3. The van der Waals surface area contributed by atoms with Crippen molar-refractivity contribution >= 4 is 60.5 Å². The Morgan fingerprint density at radius 3 is 1.55 bits per heavy atom. The fourth-order valence-corrected chi connectivity index (χ4v) is 9.33. The van der Waals surface area contributed by atoms with Crippen LogP contribution in [0.3, 0.4) is 0 Å². The van der Waals surface area contributed by atoms with E-state index in [-0.39, 0.29) is 0 Å². The number of benzene rings is 11. The van der Waals surface area contributed by atoms with Crippen LogP contribution in [0.1, 0.15) is 0 Å². The third-order valence-electron chi connectivity index (χ3n) is 12.5. The molecule has 0 saturated carbocycles. The molecule has 12 rings (SSSR count). The Kier molecular flexibility index (Phi) is 9.16. The highest BCUT2D eigenvalue weighted by molar-refractivity contribution is 6.14. The average molecular weight is 817 g/mol. The van der Waals surface area contributed by atoms with Crippen molar-refractivity contribution in [2.75, 3.05) is 4.90 Å². The van der Waals surface area contributed by atoms with Crippen LogP contribution in [-0.2, 0) is 0 Å². The minimum absolute atomic E-state index is 0.636. The molecule has 0 atom stereocenters. The van der Waals surface area contributed by atoms with E-state index < -0.39 is 0 Å². The lowest BCUT2D eigenvalue weighted by molar-refractivity contribution is 0.623. The van der Waals surface area contributed by atoms with Gasteiger partial charge in [-0.25, -0.2) is 4.98 Å². The molecule has 12 aromatic rings. The molecule has 0 amide bonds. The Hall–Kier alpha value is -8.53. The zero-order valence-corrected chi connectivity index (χ0v) is 34.9. The monoisotopic (exact) mass is 816 g/mol. The molecule has 11 aromatic carbocycles. The zero-order chi connectivity index (χ0) is 42.4. The molecule has 0 N–H and O–H groups in total. The van der Waals surface area contributed by atoms with Gasteiger partial charge in [-0.05, 0) is 132 Å². The number of hydrogen-bond donors (Lipinski definition) is 0. The summed E-state index contributed by atoms with van der Waals surface area (Å²) in [7, 11) is 0. The lowest BCUT2D eigenvalue weighted by Crippen LogP contribution is -2.10. The minimum Gasteiger partial charge on any atom is -0.435 e. The van der Waals surface area contributed by atoms with E-state index in [0.717, 1.165) is 66.8 Å². The first kappa shape index (κ1) is 37.2. The third-order valence-corrected chi connectivity index (χ3v) is 12.5. The van der Waals surface area contributed by atoms with E-state index in [9.17, 15) is 0 Å². The van der Waals surface area contributed by atoms with Crippen LogP contribution in [0, 0.1) is 0 Å². The van der Waals surface area contributed by atoms with E-state index in [2.05, 4.69) is 217 Å². The van der Waals surface area contributed by atoms with Crippen LogP contribution in [0.4, 0.5) is 17.1 Å². The molecule has 0 bridgehead atoms. The Labute approximate surface area is 371 Å². The lowest BCUT2D eigenvalue weighted by atomic mass is 9.93. The van der Waals surface area contributed by atoms with Gasteiger partial charge in [0.2, 0.25) is 5.89 Å². The van der Waals surface area contributed by atoms with Crippen molar-refractivity contribution in [3.63, 3.8) is 0 Å². The quantitative estimate of drug-likeness (QED) is 0.143. The fourth-order valence-electron chi connectivity index (χ4n) is 9.33. The second-order valence-corrected chi connectivity index (χ2v) is 16.3. The summed E-state index contributed by atoms with van der Waals surface area (Å²) in [5.74, 6) is 0.636. The molecular weight excluding hydrogens is 777 g/mol. The Balaban J connectivity index is 0.884. The van der Waals surface area contributed by atoms with Crippen LogP contribution < -0.4 is 4.90 Å². The van der Waals surface area contributed by atoms with Gasteiger partial charge in [0, 0.05) is 28.0 Å². The van der Waals surface area contributed by atoms with Crippen molar-refractivity contribution in [1.82, 2.24) is 4.98 Å². The van der Waals surface area contributed by atoms with Gasteiger partial charge in [0.25, 0.3) is 0 Å². The topological polar surface area (TPSA) is 29.3 Å². The molecule has 0 aliphatic rings. The van der Waals surface area contributed by atoms with Gasteiger partial charge in [-0.15, -0.1) is 0 Å². The number of nitrogens with zero attached hydrogens (tertiary/aromatic N) is 2. The molecule has 0 saturated heterocycles. The number of hydrogen-bond acceptors (Lipinski definition) is 3. The smallest absolute Gasteiger partial charge is 0.227 e. The Morgan fingerprint density at radius 2 is 0.812 bits per heavy atom. The van der Waals surface area contributed by atoms with E-state index in [4.69, 9.17) is 9.40 Å². The summed E-state index contributed by atoms with van der Waals surface area (Å²) in [6.07, 6.45) is 0. The largest absolute Gasteiger partial charge is 0.435 e. The van der Waals surface area contributed by atoms with E-state index in [1.54, 1.807) is 0 Å². The predicted molar refractivity (Wildman–Crippen MR) is 268 cm³/mol. The summed E-state index contributed by atoms with van der Waals surface area (Å²) < 4.78 is 6.38. The van der Waals surface area contributed by atoms with E-state index in [0.29, 0.717) is 5.89 Å². The zero-order valence-electron chi connectivity index (χ0n) is 34.9. The highest BCUT2D eigenvalue weighted by Crippen LogP contribution is 2.41. The van der Waals surface area contributed by atoms with Crippen molar-refractivity contribution in [3.05, 3.63) is 243 Å². The Bertz CT molecular complexity index is 3630. The predicted octanol–water partition coefficient (Wildman–Crippen LogP) is 17.1. The number of anilines is 3. The van der Waals surface area contributed by atoms with Crippen LogP contribution in [0.2, 0.25) is 0 Å². The normalized spacial score (nSPS) is 11.4. The van der Waals surface area contributed by atoms with Gasteiger partial charge in [-0.2, -0.15) is 0 Å². The fraction of sp³-hybridized carbons (Fsp3) is 0. The van der Waals surface area contributed by atoms with E-state index in [1.807, 2.05) is 30.3 Å². The van der Waals surface area contributed by atoms with Crippen molar-refractivity contribution in [2.45, 2.75) is 0 Å². The first-order valence-electron chi connectivity index (χ1n) is 21.8. The standard InChI is InChI=1S/C61H40N2O/c1-3-13-41(14-4-1)47-18-11-19-51(39-47)63(50-35-31-45(32-36-50)58-40-48-17-7-8-20-53(48)54-21-9-10-22-55(54)58)49-33-29-43(30-34-49)42-25-27-44(28-26-42)52-23-12-24-57-56(52)37-38-59-60(57)64-61(62-59)46-15-5-2-6-16-46/h1-40H. The second-order valence-electron chi connectivity index (χ2n) is 16.3. The van der Waals surface area contributed by atoms with Crippen LogP contribution in [0.25, 0.3) is 99.4 Å². The van der Waals surface area contributed by atoms with Crippen LogP contribution in [0.15, 0.2) is 247 Å². The molecule has 0 fully saturated rings. The maximum absolute atomic E-state index is 6.38. The molecule has 0 spiro atoms. The maximum Gasteiger partial charge on any atom is 0.227 e. The molecule has 1 heterocycles. The molecule has 0 aliphatic carbocycles. The van der Waals surface area contributed by atoms with Gasteiger partial charge in [-0.1, -0.05) is 182 Å². The van der Waals surface area contributed by atoms with Gasteiger partial charge in [0.1, 0.15) is 5.52 Å². The maximum atomic E-state index is 6.38. The highest BCUT2D eigenvalue weighted by Gasteiger charge is 2.17. The van der Waals surface area contributed by atoms with Crippen LogP contribution >= 0.6 is 0 Å².